The lowest BCUT2D eigenvalue weighted by atomic mass is 10.1. The van der Waals surface area contributed by atoms with E-state index < -0.39 is 0 Å². The van der Waals surface area contributed by atoms with E-state index in [1.54, 1.807) is 0 Å². The van der Waals surface area contributed by atoms with E-state index in [0.29, 0.717) is 12.8 Å². The van der Waals surface area contributed by atoms with Crippen molar-refractivity contribution in [3.8, 4) is 0 Å². The molecule has 0 saturated carbocycles. The van der Waals surface area contributed by atoms with Gasteiger partial charge in [0, 0.05) is 12.8 Å². The maximum atomic E-state index is 12.1. The lowest BCUT2D eigenvalue weighted by molar-refractivity contribution is -0.151. The molecule has 0 aliphatic rings. The molecule has 0 aromatic heterocycles. The van der Waals surface area contributed by atoms with Crippen molar-refractivity contribution < 1.29 is 19.1 Å². The number of ether oxygens (including phenoxy) is 2. The van der Waals surface area contributed by atoms with E-state index in [2.05, 4.69) is 27.7 Å². The first-order valence-electron chi connectivity index (χ1n) is 14.0. The van der Waals surface area contributed by atoms with Crippen LogP contribution in [0.15, 0.2) is 0 Å². The van der Waals surface area contributed by atoms with Crippen molar-refractivity contribution in [3.63, 3.8) is 0 Å². The second-order valence-electron chi connectivity index (χ2n) is 9.36. The molecule has 0 fully saturated rings. The molecule has 0 spiro atoms. The van der Waals surface area contributed by atoms with Gasteiger partial charge in [0.15, 0.2) is 0 Å². The SMILES string of the molecule is CCCCCCCC(CC)OC(=O)CCCCCCC(=O)OC(CC)CCCCCCC. The molecule has 0 heterocycles. The Balaban J connectivity index is 3.74. The topological polar surface area (TPSA) is 52.6 Å². The molecule has 4 heteroatoms. The molecule has 0 aromatic rings. The minimum atomic E-state index is -0.0606. The number of carbonyl (C=O) groups excluding carboxylic acids is 2. The fraction of sp³-hybridized carbons (Fsp3) is 0.929. The highest BCUT2D eigenvalue weighted by molar-refractivity contribution is 5.69. The van der Waals surface area contributed by atoms with Crippen molar-refractivity contribution in [3.05, 3.63) is 0 Å². The van der Waals surface area contributed by atoms with Crippen molar-refractivity contribution in [2.45, 2.75) is 168 Å². The van der Waals surface area contributed by atoms with Crippen molar-refractivity contribution in [1.29, 1.82) is 0 Å². The van der Waals surface area contributed by atoms with Crippen LogP contribution in [-0.2, 0) is 19.1 Å². The Morgan fingerprint density at radius 3 is 1.19 bits per heavy atom. The van der Waals surface area contributed by atoms with Crippen LogP contribution in [0.2, 0.25) is 0 Å². The number of esters is 2. The minimum Gasteiger partial charge on any atom is -0.462 e. The molecule has 32 heavy (non-hydrogen) atoms. The van der Waals surface area contributed by atoms with E-state index >= 15 is 0 Å². The maximum absolute atomic E-state index is 12.1. The molecule has 2 atom stereocenters. The van der Waals surface area contributed by atoms with Gasteiger partial charge >= 0.3 is 11.9 Å². The molecule has 0 bridgehead atoms. The highest BCUT2D eigenvalue weighted by Crippen LogP contribution is 2.16. The van der Waals surface area contributed by atoms with E-state index in [9.17, 15) is 9.59 Å². The number of hydrogen-bond donors (Lipinski definition) is 0. The summed E-state index contributed by atoms with van der Waals surface area (Å²) in [5.41, 5.74) is 0. The minimum absolute atomic E-state index is 0.0606. The summed E-state index contributed by atoms with van der Waals surface area (Å²) in [5, 5.41) is 0. The van der Waals surface area contributed by atoms with Crippen LogP contribution in [-0.4, -0.2) is 24.1 Å². The average Bonchev–Trinajstić information content (AvgIpc) is 2.79. The zero-order valence-corrected chi connectivity index (χ0v) is 21.9. The summed E-state index contributed by atoms with van der Waals surface area (Å²) in [5.74, 6) is -0.121. The fourth-order valence-corrected chi connectivity index (χ4v) is 4.03. The van der Waals surface area contributed by atoms with E-state index in [4.69, 9.17) is 9.47 Å². The molecule has 0 N–H and O–H groups in total. The molecule has 0 aliphatic heterocycles. The van der Waals surface area contributed by atoms with Crippen LogP contribution in [0.4, 0.5) is 0 Å². The van der Waals surface area contributed by atoms with Crippen molar-refractivity contribution in [1.82, 2.24) is 0 Å². The molecule has 190 valence electrons. The van der Waals surface area contributed by atoms with Gasteiger partial charge in [0.25, 0.3) is 0 Å². The van der Waals surface area contributed by atoms with Crippen LogP contribution in [0.1, 0.15) is 156 Å². The maximum Gasteiger partial charge on any atom is 0.306 e. The van der Waals surface area contributed by atoms with Gasteiger partial charge < -0.3 is 9.47 Å². The summed E-state index contributed by atoms with van der Waals surface area (Å²) >= 11 is 0. The lowest BCUT2D eigenvalue weighted by Gasteiger charge is -2.16. The van der Waals surface area contributed by atoms with Crippen LogP contribution in [0.3, 0.4) is 0 Å². The van der Waals surface area contributed by atoms with Crippen LogP contribution in [0.25, 0.3) is 0 Å². The Morgan fingerprint density at radius 1 is 0.500 bits per heavy atom. The highest BCUT2D eigenvalue weighted by Gasteiger charge is 2.13. The zero-order valence-electron chi connectivity index (χ0n) is 21.9. The van der Waals surface area contributed by atoms with Crippen LogP contribution >= 0.6 is 0 Å². The molecule has 4 nitrogen and oxygen atoms in total. The van der Waals surface area contributed by atoms with Gasteiger partial charge in [-0.1, -0.05) is 91.9 Å². The van der Waals surface area contributed by atoms with Gasteiger partial charge in [-0.3, -0.25) is 9.59 Å². The summed E-state index contributed by atoms with van der Waals surface area (Å²) in [4.78, 5) is 24.2. The Kier molecular flexibility index (Phi) is 22.3. The summed E-state index contributed by atoms with van der Waals surface area (Å²) in [6.45, 7) is 8.64. The van der Waals surface area contributed by atoms with Gasteiger partial charge in [-0.2, -0.15) is 0 Å². The normalized spacial score (nSPS) is 13.0. The van der Waals surface area contributed by atoms with Crippen LogP contribution in [0.5, 0.6) is 0 Å². The summed E-state index contributed by atoms with van der Waals surface area (Å²) in [7, 11) is 0. The van der Waals surface area contributed by atoms with Crippen molar-refractivity contribution in [2.24, 2.45) is 0 Å². The molecule has 0 rings (SSSR count). The average molecular weight is 455 g/mol. The molecule has 0 aliphatic carbocycles. The number of rotatable bonds is 23. The second-order valence-corrected chi connectivity index (χ2v) is 9.36. The second kappa shape index (κ2) is 23.1. The Hall–Kier alpha value is -1.06. The molecule has 0 aromatic carbocycles. The van der Waals surface area contributed by atoms with E-state index in [1.807, 2.05) is 0 Å². The smallest absolute Gasteiger partial charge is 0.306 e. The van der Waals surface area contributed by atoms with Crippen molar-refractivity contribution in [2.75, 3.05) is 0 Å². The first-order chi connectivity index (χ1) is 15.6. The number of unbranched alkanes of at least 4 members (excludes halogenated alkanes) is 11. The van der Waals surface area contributed by atoms with Crippen LogP contribution in [0, 0.1) is 0 Å². The highest BCUT2D eigenvalue weighted by atomic mass is 16.5. The first-order valence-corrected chi connectivity index (χ1v) is 14.0. The summed E-state index contributed by atoms with van der Waals surface area (Å²) in [6, 6.07) is 0. The standard InChI is InChI=1S/C28H54O4/c1-5-9-11-13-17-21-25(7-3)31-27(29)23-19-15-16-20-24-28(30)32-26(8-4)22-18-14-12-10-6-2/h25-26H,5-24H2,1-4H3. The quantitative estimate of drug-likeness (QED) is 0.114. The molecule has 0 saturated heterocycles. The third kappa shape index (κ3) is 19.6. The molecular weight excluding hydrogens is 400 g/mol. The van der Waals surface area contributed by atoms with Gasteiger partial charge in [-0.05, 0) is 51.4 Å². The van der Waals surface area contributed by atoms with Crippen LogP contribution < -0.4 is 0 Å². The van der Waals surface area contributed by atoms with Crippen molar-refractivity contribution >= 4 is 11.9 Å². The fourth-order valence-electron chi connectivity index (χ4n) is 4.03. The molecule has 0 amide bonds. The van der Waals surface area contributed by atoms with Gasteiger partial charge in [0.2, 0.25) is 0 Å². The van der Waals surface area contributed by atoms with Gasteiger partial charge in [-0.25, -0.2) is 0 Å². The number of hydrogen-bond acceptors (Lipinski definition) is 4. The Morgan fingerprint density at radius 2 is 0.844 bits per heavy atom. The largest absolute Gasteiger partial charge is 0.462 e. The monoisotopic (exact) mass is 454 g/mol. The summed E-state index contributed by atoms with van der Waals surface area (Å²) < 4.78 is 11.3. The Labute approximate surface area is 199 Å². The molecule has 0 radical (unpaired) electrons. The third-order valence-corrected chi connectivity index (χ3v) is 6.28. The lowest BCUT2D eigenvalue weighted by Crippen LogP contribution is -2.17. The zero-order chi connectivity index (χ0) is 23.9. The predicted molar refractivity (Wildman–Crippen MR) is 135 cm³/mol. The first kappa shape index (κ1) is 30.9. The Bertz CT molecular complexity index is 395. The van der Waals surface area contributed by atoms with E-state index in [-0.39, 0.29) is 24.1 Å². The predicted octanol–water partition coefficient (Wildman–Crippen LogP) is 8.69. The van der Waals surface area contributed by atoms with Gasteiger partial charge in [0.1, 0.15) is 12.2 Å². The summed E-state index contributed by atoms with van der Waals surface area (Å²) in [6.07, 6.45) is 21.0. The van der Waals surface area contributed by atoms with E-state index in [0.717, 1.165) is 64.2 Å². The van der Waals surface area contributed by atoms with Gasteiger partial charge in [-0.15, -0.1) is 0 Å². The van der Waals surface area contributed by atoms with E-state index in [1.165, 1.54) is 51.4 Å². The third-order valence-electron chi connectivity index (χ3n) is 6.28. The van der Waals surface area contributed by atoms with Gasteiger partial charge in [0.05, 0.1) is 0 Å². The number of carbonyl (C=O) groups is 2. The molecular formula is C28H54O4. The molecule has 2 unspecified atom stereocenters.